The van der Waals surface area contributed by atoms with E-state index in [4.69, 9.17) is 5.73 Å². The van der Waals surface area contributed by atoms with Gasteiger partial charge in [0.2, 0.25) is 11.8 Å². The van der Waals surface area contributed by atoms with Crippen LogP contribution in [0.4, 0.5) is 4.39 Å². The Kier molecular flexibility index (Phi) is 7.33. The zero-order chi connectivity index (χ0) is 18.2. The summed E-state index contributed by atoms with van der Waals surface area (Å²) in [6, 6.07) is 4.94. The Morgan fingerprint density at radius 1 is 1.36 bits per heavy atom. The van der Waals surface area contributed by atoms with Crippen LogP contribution in [0.5, 0.6) is 0 Å². The molecule has 1 aliphatic heterocycles. The minimum atomic E-state index is -0.269. The van der Waals surface area contributed by atoms with E-state index in [1.165, 1.54) is 6.07 Å². The fourth-order valence-electron chi connectivity index (χ4n) is 2.96. The normalized spacial score (nSPS) is 18.0. The predicted octanol–water partition coefficient (Wildman–Crippen LogP) is 0.537. The van der Waals surface area contributed by atoms with Crippen molar-refractivity contribution in [3.63, 3.8) is 0 Å². The molecule has 1 atom stereocenters. The Bertz CT molecular complexity index is 609. The zero-order valence-electron chi connectivity index (χ0n) is 14.7. The van der Waals surface area contributed by atoms with Gasteiger partial charge in [0, 0.05) is 26.2 Å². The van der Waals surface area contributed by atoms with E-state index in [9.17, 15) is 14.0 Å². The molecule has 0 saturated carbocycles. The number of piperidine rings is 1. The Labute approximate surface area is 147 Å². The van der Waals surface area contributed by atoms with Gasteiger partial charge in [-0.05, 0) is 43.5 Å². The molecule has 1 aliphatic rings. The largest absolute Gasteiger partial charge is 0.355 e. The van der Waals surface area contributed by atoms with Crippen molar-refractivity contribution in [1.82, 2.24) is 15.5 Å². The van der Waals surface area contributed by atoms with Gasteiger partial charge in [0.1, 0.15) is 5.82 Å². The Hall–Kier alpha value is -1.99. The maximum atomic E-state index is 13.5. The number of carbonyl (C=O) groups is 2. The minimum Gasteiger partial charge on any atom is -0.355 e. The van der Waals surface area contributed by atoms with Gasteiger partial charge in [0.15, 0.2) is 0 Å². The number of nitrogens with zero attached hydrogens (tertiary/aromatic N) is 1. The van der Waals surface area contributed by atoms with Crippen molar-refractivity contribution in [1.29, 1.82) is 0 Å². The molecule has 1 aromatic carbocycles. The van der Waals surface area contributed by atoms with Gasteiger partial charge >= 0.3 is 0 Å². The summed E-state index contributed by atoms with van der Waals surface area (Å²) in [5, 5.41) is 5.61. The van der Waals surface area contributed by atoms with Crippen LogP contribution >= 0.6 is 0 Å². The molecule has 0 aliphatic carbocycles. The standard InChI is InChI=1S/C18H27FN4O2/c1-13-4-5-14(9-16(13)19)10-22-17(24)12-23-8-2-3-15(11-23)18(25)21-7-6-20/h4-5,9,15H,2-3,6-8,10-12,20H2,1H3,(H,21,25)(H,22,24). The highest BCUT2D eigenvalue weighted by molar-refractivity contribution is 5.80. The number of rotatable bonds is 7. The lowest BCUT2D eigenvalue weighted by Gasteiger charge is -2.31. The number of carbonyl (C=O) groups excluding carboxylic acids is 2. The van der Waals surface area contributed by atoms with Crippen LogP contribution in [0.2, 0.25) is 0 Å². The second-order valence-electron chi connectivity index (χ2n) is 6.51. The van der Waals surface area contributed by atoms with Gasteiger partial charge in [-0.3, -0.25) is 14.5 Å². The van der Waals surface area contributed by atoms with Crippen LogP contribution in [0.1, 0.15) is 24.0 Å². The number of benzene rings is 1. The number of aryl methyl sites for hydroxylation is 1. The average molecular weight is 350 g/mol. The SMILES string of the molecule is Cc1ccc(CNC(=O)CN2CCCC(C(=O)NCCN)C2)cc1F. The molecule has 138 valence electrons. The highest BCUT2D eigenvalue weighted by atomic mass is 19.1. The molecule has 2 rings (SSSR count). The molecule has 4 N–H and O–H groups in total. The van der Waals surface area contributed by atoms with E-state index in [2.05, 4.69) is 10.6 Å². The number of halogens is 1. The number of hydrogen-bond donors (Lipinski definition) is 3. The molecule has 6 nitrogen and oxygen atoms in total. The van der Waals surface area contributed by atoms with E-state index < -0.39 is 0 Å². The molecule has 1 aromatic rings. The van der Waals surface area contributed by atoms with E-state index in [1.807, 2.05) is 4.90 Å². The Balaban J connectivity index is 1.77. The molecule has 7 heteroatoms. The molecule has 2 amide bonds. The summed E-state index contributed by atoms with van der Waals surface area (Å²) in [4.78, 5) is 26.1. The second kappa shape index (κ2) is 9.48. The van der Waals surface area contributed by atoms with Crippen molar-refractivity contribution in [2.24, 2.45) is 11.7 Å². The smallest absolute Gasteiger partial charge is 0.234 e. The molecular formula is C18H27FN4O2. The summed E-state index contributed by atoms with van der Waals surface area (Å²) < 4.78 is 13.5. The van der Waals surface area contributed by atoms with Crippen LogP contribution in [-0.4, -0.2) is 49.4 Å². The van der Waals surface area contributed by atoms with Crippen molar-refractivity contribution >= 4 is 11.8 Å². The Morgan fingerprint density at radius 3 is 2.88 bits per heavy atom. The van der Waals surface area contributed by atoms with Crippen molar-refractivity contribution in [2.45, 2.75) is 26.3 Å². The van der Waals surface area contributed by atoms with E-state index in [1.54, 1.807) is 19.1 Å². The number of hydrogen-bond acceptors (Lipinski definition) is 4. The van der Waals surface area contributed by atoms with Crippen LogP contribution in [-0.2, 0) is 16.1 Å². The van der Waals surface area contributed by atoms with Gasteiger partial charge in [-0.2, -0.15) is 0 Å². The van der Waals surface area contributed by atoms with Gasteiger partial charge in [0.25, 0.3) is 0 Å². The first-order valence-electron chi connectivity index (χ1n) is 8.71. The lowest BCUT2D eigenvalue weighted by molar-refractivity contribution is -0.128. The predicted molar refractivity (Wildman–Crippen MR) is 94.2 cm³/mol. The maximum absolute atomic E-state index is 13.5. The average Bonchev–Trinajstić information content (AvgIpc) is 2.61. The summed E-state index contributed by atoms with van der Waals surface area (Å²) in [5.41, 5.74) is 6.71. The van der Waals surface area contributed by atoms with E-state index in [0.717, 1.165) is 24.9 Å². The van der Waals surface area contributed by atoms with Crippen molar-refractivity contribution in [2.75, 3.05) is 32.7 Å². The summed E-state index contributed by atoms with van der Waals surface area (Å²) >= 11 is 0. The van der Waals surface area contributed by atoms with Crippen molar-refractivity contribution < 1.29 is 14.0 Å². The summed E-state index contributed by atoms with van der Waals surface area (Å²) in [7, 11) is 0. The first-order chi connectivity index (χ1) is 12.0. The van der Waals surface area contributed by atoms with Crippen molar-refractivity contribution in [3.8, 4) is 0 Å². The van der Waals surface area contributed by atoms with Crippen molar-refractivity contribution in [3.05, 3.63) is 35.1 Å². The van der Waals surface area contributed by atoms with Crippen LogP contribution in [0.15, 0.2) is 18.2 Å². The minimum absolute atomic E-state index is 0.00527. The van der Waals surface area contributed by atoms with Crippen LogP contribution in [0.25, 0.3) is 0 Å². The fraction of sp³-hybridized carbons (Fsp3) is 0.556. The van der Waals surface area contributed by atoms with Crippen LogP contribution in [0.3, 0.4) is 0 Å². The molecule has 25 heavy (non-hydrogen) atoms. The quantitative estimate of drug-likeness (QED) is 0.670. The monoisotopic (exact) mass is 350 g/mol. The van der Waals surface area contributed by atoms with Gasteiger partial charge in [-0.25, -0.2) is 4.39 Å². The van der Waals surface area contributed by atoms with Gasteiger partial charge in [0.05, 0.1) is 12.5 Å². The van der Waals surface area contributed by atoms with E-state index in [-0.39, 0.29) is 30.1 Å². The molecule has 0 aromatic heterocycles. The fourth-order valence-corrected chi connectivity index (χ4v) is 2.96. The topological polar surface area (TPSA) is 87.5 Å². The van der Waals surface area contributed by atoms with Gasteiger partial charge in [-0.1, -0.05) is 12.1 Å². The van der Waals surface area contributed by atoms with E-state index >= 15 is 0 Å². The number of likely N-dealkylation sites (tertiary alicyclic amines) is 1. The summed E-state index contributed by atoms with van der Waals surface area (Å²) in [5.74, 6) is -0.483. The molecular weight excluding hydrogens is 323 g/mol. The lowest BCUT2D eigenvalue weighted by Crippen LogP contribution is -2.47. The third kappa shape index (κ3) is 6.10. The summed E-state index contributed by atoms with van der Waals surface area (Å²) in [6.45, 7) is 4.51. The maximum Gasteiger partial charge on any atom is 0.234 e. The first kappa shape index (κ1) is 19.3. The lowest BCUT2D eigenvalue weighted by atomic mass is 9.97. The number of nitrogens with two attached hydrogens (primary N) is 1. The van der Waals surface area contributed by atoms with Gasteiger partial charge < -0.3 is 16.4 Å². The van der Waals surface area contributed by atoms with Crippen LogP contribution in [0, 0.1) is 18.7 Å². The molecule has 1 heterocycles. The third-order valence-electron chi connectivity index (χ3n) is 4.41. The molecule has 1 unspecified atom stereocenters. The number of amides is 2. The second-order valence-corrected chi connectivity index (χ2v) is 6.51. The molecule has 0 radical (unpaired) electrons. The van der Waals surface area contributed by atoms with Crippen LogP contribution < -0.4 is 16.4 Å². The Morgan fingerprint density at radius 2 is 2.16 bits per heavy atom. The molecule has 0 bridgehead atoms. The first-order valence-corrected chi connectivity index (χ1v) is 8.71. The highest BCUT2D eigenvalue weighted by Crippen LogP contribution is 2.16. The molecule has 0 spiro atoms. The highest BCUT2D eigenvalue weighted by Gasteiger charge is 2.26. The summed E-state index contributed by atoms with van der Waals surface area (Å²) in [6.07, 6.45) is 1.72. The molecule has 1 fully saturated rings. The number of nitrogens with one attached hydrogen (secondary N) is 2. The molecule has 1 saturated heterocycles. The van der Waals surface area contributed by atoms with Gasteiger partial charge in [-0.15, -0.1) is 0 Å². The third-order valence-corrected chi connectivity index (χ3v) is 4.41. The zero-order valence-corrected chi connectivity index (χ0v) is 14.7. The van der Waals surface area contributed by atoms with E-state index in [0.29, 0.717) is 31.7 Å².